The molecule has 0 saturated carbocycles. The van der Waals surface area contributed by atoms with Crippen molar-refractivity contribution in [1.29, 1.82) is 0 Å². The Hall–Kier alpha value is -3.31. The van der Waals surface area contributed by atoms with Crippen molar-refractivity contribution in [3.63, 3.8) is 0 Å². The molecule has 0 saturated heterocycles. The standard InChI is InChI=1S/C28H38ClN3O7/c1-19(13-30)38-25(18-37-26(33)14-31)17-36-23-10-6-21(7-11-23)28(2,3)20-4-8-22(9-5-20)35-16-24(12-29)39-27(34)15-32/h4-11,24-25H,1,12-18,30-32H2,2-3H3. The minimum Gasteiger partial charge on any atom is -0.490 e. The Balaban J connectivity index is 1.99. The van der Waals surface area contributed by atoms with Gasteiger partial charge in [0.15, 0.2) is 6.10 Å². The second kappa shape index (κ2) is 15.9. The smallest absolute Gasteiger partial charge is 0.320 e. The van der Waals surface area contributed by atoms with Gasteiger partial charge >= 0.3 is 11.9 Å². The fourth-order valence-electron chi connectivity index (χ4n) is 3.47. The molecule has 2 aromatic rings. The van der Waals surface area contributed by atoms with Gasteiger partial charge in [0.2, 0.25) is 0 Å². The van der Waals surface area contributed by atoms with E-state index >= 15 is 0 Å². The molecule has 6 N–H and O–H groups in total. The van der Waals surface area contributed by atoms with Gasteiger partial charge in [-0.1, -0.05) is 44.7 Å². The Kier molecular flexibility index (Phi) is 13.0. The van der Waals surface area contributed by atoms with Gasteiger partial charge < -0.3 is 40.9 Å². The number of rotatable bonds is 17. The number of nitrogens with two attached hydrogens (primary N) is 3. The Labute approximate surface area is 234 Å². The van der Waals surface area contributed by atoms with Crippen LogP contribution in [-0.4, -0.2) is 69.5 Å². The van der Waals surface area contributed by atoms with Crippen LogP contribution in [0.25, 0.3) is 0 Å². The number of carbonyl (C=O) groups is 2. The molecular formula is C28H38ClN3O7. The maximum atomic E-state index is 11.4. The molecule has 0 radical (unpaired) electrons. The molecule has 10 nitrogen and oxygen atoms in total. The van der Waals surface area contributed by atoms with Crippen molar-refractivity contribution in [2.75, 3.05) is 45.3 Å². The van der Waals surface area contributed by atoms with Crippen molar-refractivity contribution < 1.29 is 33.3 Å². The number of alkyl halides is 1. The number of hydrogen-bond donors (Lipinski definition) is 3. The molecule has 0 bridgehead atoms. The summed E-state index contributed by atoms with van der Waals surface area (Å²) in [5, 5.41) is 0. The molecule has 0 aliphatic rings. The predicted molar refractivity (Wildman–Crippen MR) is 149 cm³/mol. The van der Waals surface area contributed by atoms with E-state index in [0.717, 1.165) is 11.1 Å². The maximum absolute atomic E-state index is 11.4. The lowest BCUT2D eigenvalue weighted by atomic mass is 9.78. The summed E-state index contributed by atoms with van der Waals surface area (Å²) in [4.78, 5) is 22.8. The summed E-state index contributed by atoms with van der Waals surface area (Å²) >= 11 is 5.85. The van der Waals surface area contributed by atoms with Crippen LogP contribution >= 0.6 is 11.6 Å². The number of esters is 2. The normalized spacial score (nSPS) is 12.7. The SMILES string of the molecule is C=C(CN)OC(COC(=O)CN)COc1ccc(C(C)(C)c2ccc(OCC(CCl)OC(=O)CN)cc2)cc1. The Bertz CT molecular complexity index is 1060. The minimum absolute atomic E-state index is 0.0364. The van der Waals surface area contributed by atoms with Crippen LogP contribution in [0.15, 0.2) is 60.9 Å². The average molecular weight is 564 g/mol. The van der Waals surface area contributed by atoms with E-state index in [2.05, 4.69) is 20.4 Å². The lowest BCUT2D eigenvalue weighted by molar-refractivity contribution is -0.147. The molecule has 0 spiro atoms. The van der Waals surface area contributed by atoms with Crippen LogP contribution in [0.5, 0.6) is 11.5 Å². The second-order valence-corrected chi connectivity index (χ2v) is 9.44. The van der Waals surface area contributed by atoms with Crippen molar-refractivity contribution in [1.82, 2.24) is 0 Å². The van der Waals surface area contributed by atoms with E-state index in [1.165, 1.54) is 0 Å². The summed E-state index contributed by atoms with van der Waals surface area (Å²) in [5.41, 5.74) is 17.9. The topological polar surface area (TPSA) is 158 Å². The summed E-state index contributed by atoms with van der Waals surface area (Å²) in [6, 6.07) is 15.4. The van der Waals surface area contributed by atoms with E-state index in [9.17, 15) is 9.59 Å². The first kappa shape index (κ1) is 31.9. The van der Waals surface area contributed by atoms with Gasteiger partial charge in [-0.05, 0) is 35.4 Å². The third-order valence-electron chi connectivity index (χ3n) is 5.82. The number of carbonyl (C=O) groups excluding carboxylic acids is 2. The van der Waals surface area contributed by atoms with Gasteiger partial charge in [0, 0.05) is 5.41 Å². The van der Waals surface area contributed by atoms with Crippen LogP contribution in [0.2, 0.25) is 0 Å². The zero-order valence-electron chi connectivity index (χ0n) is 22.4. The second-order valence-electron chi connectivity index (χ2n) is 9.14. The molecule has 2 aromatic carbocycles. The molecule has 2 atom stereocenters. The summed E-state index contributed by atoms with van der Waals surface area (Å²) in [6.45, 7) is 7.86. The molecule has 0 heterocycles. The van der Waals surface area contributed by atoms with Crippen LogP contribution in [-0.2, 0) is 29.2 Å². The molecular weight excluding hydrogens is 526 g/mol. The maximum Gasteiger partial charge on any atom is 0.320 e. The third-order valence-corrected chi connectivity index (χ3v) is 6.16. The summed E-state index contributed by atoms with van der Waals surface area (Å²) in [7, 11) is 0. The van der Waals surface area contributed by atoms with Gasteiger partial charge in [-0.3, -0.25) is 9.59 Å². The molecule has 214 valence electrons. The van der Waals surface area contributed by atoms with E-state index in [-0.39, 0.29) is 50.7 Å². The first-order chi connectivity index (χ1) is 18.6. The Morgan fingerprint density at radius 1 is 0.769 bits per heavy atom. The molecule has 0 aliphatic carbocycles. The first-order valence-electron chi connectivity index (χ1n) is 12.4. The van der Waals surface area contributed by atoms with E-state index in [4.69, 9.17) is 52.5 Å². The molecule has 0 amide bonds. The zero-order chi connectivity index (χ0) is 28.8. The number of ether oxygens (including phenoxy) is 5. The summed E-state index contributed by atoms with van der Waals surface area (Å²) in [5.74, 6) is 0.643. The molecule has 2 unspecified atom stereocenters. The zero-order valence-corrected chi connectivity index (χ0v) is 23.2. The van der Waals surface area contributed by atoms with Crippen molar-refractivity contribution in [3.8, 4) is 11.5 Å². The number of benzene rings is 2. The largest absolute Gasteiger partial charge is 0.490 e. The molecule has 2 rings (SSSR count). The summed E-state index contributed by atoms with van der Waals surface area (Å²) in [6.07, 6.45) is -1.16. The molecule has 39 heavy (non-hydrogen) atoms. The van der Waals surface area contributed by atoms with E-state index in [1.807, 2.05) is 48.5 Å². The quantitative estimate of drug-likeness (QED) is 0.148. The number of halogens is 1. The van der Waals surface area contributed by atoms with Crippen LogP contribution in [0.4, 0.5) is 0 Å². The van der Waals surface area contributed by atoms with Crippen LogP contribution in [0.3, 0.4) is 0 Å². The highest BCUT2D eigenvalue weighted by Crippen LogP contribution is 2.33. The van der Waals surface area contributed by atoms with Gasteiger partial charge in [0.25, 0.3) is 0 Å². The van der Waals surface area contributed by atoms with E-state index in [0.29, 0.717) is 17.3 Å². The Morgan fingerprint density at radius 3 is 1.69 bits per heavy atom. The molecule has 0 aliphatic heterocycles. The van der Waals surface area contributed by atoms with Gasteiger partial charge in [-0.2, -0.15) is 0 Å². The van der Waals surface area contributed by atoms with Gasteiger partial charge in [-0.15, -0.1) is 11.6 Å². The third kappa shape index (κ3) is 10.4. The van der Waals surface area contributed by atoms with E-state index < -0.39 is 24.1 Å². The minimum atomic E-state index is -0.583. The van der Waals surface area contributed by atoms with Crippen LogP contribution in [0.1, 0.15) is 25.0 Å². The van der Waals surface area contributed by atoms with E-state index in [1.54, 1.807) is 0 Å². The highest BCUT2D eigenvalue weighted by atomic mass is 35.5. The van der Waals surface area contributed by atoms with Crippen molar-refractivity contribution in [2.45, 2.75) is 31.5 Å². The molecule has 0 fully saturated rings. The number of hydrogen-bond acceptors (Lipinski definition) is 10. The van der Waals surface area contributed by atoms with Gasteiger partial charge in [0.1, 0.15) is 43.2 Å². The summed E-state index contributed by atoms with van der Waals surface area (Å²) < 4.78 is 27.4. The van der Waals surface area contributed by atoms with Crippen molar-refractivity contribution in [2.24, 2.45) is 17.2 Å². The lowest BCUT2D eigenvalue weighted by Gasteiger charge is -2.27. The monoisotopic (exact) mass is 563 g/mol. The van der Waals surface area contributed by atoms with Crippen molar-refractivity contribution >= 4 is 23.5 Å². The molecule has 0 aromatic heterocycles. The van der Waals surface area contributed by atoms with Crippen LogP contribution in [0, 0.1) is 0 Å². The lowest BCUT2D eigenvalue weighted by Crippen LogP contribution is -2.31. The first-order valence-corrected chi connectivity index (χ1v) is 13.0. The predicted octanol–water partition coefficient (Wildman–Crippen LogP) is 2.24. The highest BCUT2D eigenvalue weighted by Gasteiger charge is 2.24. The van der Waals surface area contributed by atoms with Gasteiger partial charge in [0.05, 0.1) is 25.5 Å². The fraction of sp³-hybridized carbons (Fsp3) is 0.429. The highest BCUT2D eigenvalue weighted by molar-refractivity contribution is 6.18. The fourth-order valence-corrected chi connectivity index (χ4v) is 3.62. The van der Waals surface area contributed by atoms with Gasteiger partial charge in [-0.25, -0.2) is 0 Å². The van der Waals surface area contributed by atoms with Crippen LogP contribution < -0.4 is 26.7 Å². The molecule has 11 heteroatoms. The average Bonchev–Trinajstić information content (AvgIpc) is 2.96. The van der Waals surface area contributed by atoms with Crippen molar-refractivity contribution in [3.05, 3.63) is 72.0 Å². The Morgan fingerprint density at radius 2 is 1.26 bits per heavy atom.